The Kier molecular flexibility index (Phi) is 8.86. The smallest absolute Gasteiger partial charge is 0.407 e. The Morgan fingerprint density at radius 3 is 1.94 bits per heavy atom. The molecule has 2 saturated carbocycles. The summed E-state index contributed by atoms with van der Waals surface area (Å²) >= 11 is 0. The molecule has 254 valence electrons. The first kappa shape index (κ1) is 33.4. The van der Waals surface area contributed by atoms with Gasteiger partial charge in [-0.1, -0.05) is 52.7 Å². The van der Waals surface area contributed by atoms with Gasteiger partial charge in [-0.3, -0.25) is 14.9 Å². The van der Waals surface area contributed by atoms with E-state index in [-0.39, 0.29) is 40.2 Å². The van der Waals surface area contributed by atoms with Crippen LogP contribution in [0.2, 0.25) is 0 Å². The second-order valence-electron chi connectivity index (χ2n) is 15.5. The first-order valence-corrected chi connectivity index (χ1v) is 17.7. The van der Waals surface area contributed by atoms with Crippen LogP contribution in [0.4, 0.5) is 4.79 Å². The van der Waals surface area contributed by atoms with E-state index in [1.54, 1.807) is 13.0 Å². The third kappa shape index (κ3) is 5.69. The number of phenolic OH excluding ortho intramolecular Hbond substituents is 1. The van der Waals surface area contributed by atoms with Crippen molar-refractivity contribution in [2.75, 3.05) is 19.8 Å². The first-order chi connectivity index (χ1) is 22.3. The van der Waals surface area contributed by atoms with Gasteiger partial charge in [-0.05, 0) is 127 Å². The molecule has 0 unspecified atom stereocenters. The predicted molar refractivity (Wildman–Crippen MR) is 180 cm³/mol. The normalized spacial score (nSPS) is 32.4. The Balaban J connectivity index is 1.19. The van der Waals surface area contributed by atoms with Crippen molar-refractivity contribution in [1.82, 2.24) is 10.6 Å². The van der Waals surface area contributed by atoms with E-state index in [4.69, 9.17) is 9.47 Å². The molecule has 8 heteroatoms. The average Bonchev–Trinajstić information content (AvgIpc) is 3.03. The number of nitrogens with one attached hydrogen (secondary N) is 2. The van der Waals surface area contributed by atoms with Crippen LogP contribution in [0.15, 0.2) is 36.4 Å². The maximum absolute atomic E-state index is 14.4. The van der Waals surface area contributed by atoms with E-state index in [0.29, 0.717) is 19.8 Å². The molecule has 4 aliphatic carbocycles. The van der Waals surface area contributed by atoms with E-state index < -0.39 is 16.9 Å². The summed E-state index contributed by atoms with van der Waals surface area (Å²) in [6, 6.07) is 12.0. The summed E-state index contributed by atoms with van der Waals surface area (Å²) in [5.41, 5.74) is 3.13. The third-order valence-electron chi connectivity index (χ3n) is 12.9. The van der Waals surface area contributed by atoms with Crippen molar-refractivity contribution < 1.29 is 29.0 Å². The van der Waals surface area contributed by atoms with Crippen LogP contribution in [-0.4, -0.2) is 42.8 Å². The summed E-state index contributed by atoms with van der Waals surface area (Å²) < 4.78 is 10.9. The van der Waals surface area contributed by atoms with Gasteiger partial charge in [0.1, 0.15) is 18.1 Å². The van der Waals surface area contributed by atoms with Crippen molar-refractivity contribution in [3.63, 3.8) is 0 Å². The van der Waals surface area contributed by atoms with Gasteiger partial charge in [0.25, 0.3) is 0 Å². The SMILES string of the molecule is CCOC(=O)NCCOc1ccc2c(c1)[C@@]1(C)CCC[C@](C)(C(=O)NC(=O)[C@@]3(C)CCC[C@]4(C)c5cc(O)ccc5CC[C@@H]34)[C@@H]1CC2. The van der Waals surface area contributed by atoms with Crippen LogP contribution in [0, 0.1) is 22.7 Å². The number of hydrogen-bond acceptors (Lipinski definition) is 6. The first-order valence-electron chi connectivity index (χ1n) is 17.7. The van der Waals surface area contributed by atoms with E-state index in [1.165, 1.54) is 16.7 Å². The van der Waals surface area contributed by atoms with Gasteiger partial charge in [-0.15, -0.1) is 0 Å². The summed E-state index contributed by atoms with van der Waals surface area (Å²) in [6.07, 6.45) is 8.33. The molecule has 2 fully saturated rings. The van der Waals surface area contributed by atoms with E-state index in [2.05, 4.69) is 50.5 Å². The highest BCUT2D eigenvalue weighted by molar-refractivity contribution is 6.00. The number of alkyl carbamates (subject to hydrolysis) is 1. The van der Waals surface area contributed by atoms with Crippen LogP contribution in [-0.2, 0) is 38.0 Å². The fraction of sp³-hybridized carbons (Fsp3) is 0.615. The van der Waals surface area contributed by atoms with Crippen LogP contribution < -0.4 is 15.4 Å². The number of fused-ring (bicyclic) bond motifs is 6. The lowest BCUT2D eigenvalue weighted by atomic mass is 9.49. The molecule has 0 saturated heterocycles. The van der Waals surface area contributed by atoms with Gasteiger partial charge in [-0.2, -0.15) is 0 Å². The average molecular weight is 645 g/mol. The minimum absolute atomic E-state index is 0.0822. The van der Waals surface area contributed by atoms with Crippen molar-refractivity contribution in [2.45, 2.75) is 110 Å². The number of carbonyl (C=O) groups excluding carboxylic acids is 3. The van der Waals surface area contributed by atoms with Crippen molar-refractivity contribution in [2.24, 2.45) is 22.7 Å². The minimum atomic E-state index is -0.681. The summed E-state index contributed by atoms with van der Waals surface area (Å²) in [5.74, 6) is 0.908. The van der Waals surface area contributed by atoms with E-state index in [9.17, 15) is 19.5 Å². The fourth-order valence-corrected chi connectivity index (χ4v) is 10.4. The third-order valence-corrected chi connectivity index (χ3v) is 12.9. The quantitative estimate of drug-likeness (QED) is 0.224. The summed E-state index contributed by atoms with van der Waals surface area (Å²) in [4.78, 5) is 40.4. The Bertz CT molecular complexity index is 1560. The lowest BCUT2D eigenvalue weighted by molar-refractivity contribution is -0.150. The molecule has 47 heavy (non-hydrogen) atoms. The molecule has 8 nitrogen and oxygen atoms in total. The van der Waals surface area contributed by atoms with Crippen LogP contribution in [0.5, 0.6) is 11.5 Å². The molecule has 3 amide bonds. The number of benzene rings is 2. The molecule has 6 rings (SSSR count). The molecule has 0 aromatic heterocycles. The van der Waals surface area contributed by atoms with Gasteiger partial charge in [0.15, 0.2) is 0 Å². The van der Waals surface area contributed by atoms with Crippen molar-refractivity contribution in [3.05, 3.63) is 58.7 Å². The molecule has 0 bridgehead atoms. The van der Waals surface area contributed by atoms with Gasteiger partial charge in [0.2, 0.25) is 11.8 Å². The van der Waals surface area contributed by atoms with Gasteiger partial charge >= 0.3 is 6.09 Å². The molecule has 0 spiro atoms. The van der Waals surface area contributed by atoms with Crippen LogP contribution in [0.1, 0.15) is 108 Å². The zero-order valence-electron chi connectivity index (χ0n) is 28.8. The van der Waals surface area contributed by atoms with Gasteiger partial charge in [0, 0.05) is 0 Å². The molecule has 6 atom stereocenters. The largest absolute Gasteiger partial charge is 0.508 e. The number of phenols is 1. The number of aryl methyl sites for hydroxylation is 2. The number of aromatic hydroxyl groups is 1. The summed E-state index contributed by atoms with van der Waals surface area (Å²) in [5, 5.41) is 16.1. The molecule has 2 aromatic carbocycles. The maximum Gasteiger partial charge on any atom is 0.407 e. The molecule has 0 aliphatic heterocycles. The Hall–Kier alpha value is -3.55. The second kappa shape index (κ2) is 12.5. The number of carbonyl (C=O) groups is 3. The highest BCUT2D eigenvalue weighted by Crippen LogP contribution is 2.59. The number of ether oxygens (including phenoxy) is 2. The molecule has 0 heterocycles. The number of imide groups is 1. The molecular weight excluding hydrogens is 592 g/mol. The standard InChI is InChI=1S/C39H52N2O6/c1-6-46-35(45)40-21-22-47-28-14-10-26-12-16-32-37(3,30(26)24-28)18-8-20-39(32,5)34(44)41-33(43)38(4)19-7-17-36(2)29-23-27(42)13-9-25(29)11-15-31(36)38/h9-10,13-14,23-24,31-32,42H,6-8,11-12,15-22H2,1-5H3,(H,40,45)(H,41,43,44)/t31-,32-,36-,37-,38+,39+/m1/s1. The Morgan fingerprint density at radius 1 is 0.809 bits per heavy atom. The number of amides is 3. The van der Waals surface area contributed by atoms with Crippen molar-refractivity contribution in [1.29, 1.82) is 0 Å². The number of hydrogen-bond donors (Lipinski definition) is 3. The van der Waals surface area contributed by atoms with E-state index >= 15 is 0 Å². The minimum Gasteiger partial charge on any atom is -0.508 e. The number of rotatable bonds is 7. The van der Waals surface area contributed by atoms with Crippen molar-refractivity contribution >= 4 is 17.9 Å². The fourth-order valence-electron chi connectivity index (χ4n) is 10.4. The molecular formula is C39H52N2O6. The van der Waals surface area contributed by atoms with Crippen LogP contribution >= 0.6 is 0 Å². The maximum atomic E-state index is 14.4. The lowest BCUT2D eigenvalue weighted by Crippen LogP contribution is -2.60. The van der Waals surface area contributed by atoms with E-state index in [0.717, 1.165) is 75.5 Å². The van der Waals surface area contributed by atoms with E-state index in [1.807, 2.05) is 18.2 Å². The van der Waals surface area contributed by atoms with Gasteiger partial charge < -0.3 is 19.9 Å². The van der Waals surface area contributed by atoms with Crippen molar-refractivity contribution in [3.8, 4) is 11.5 Å². The molecule has 2 aromatic rings. The topological polar surface area (TPSA) is 114 Å². The zero-order valence-corrected chi connectivity index (χ0v) is 28.8. The summed E-state index contributed by atoms with van der Waals surface area (Å²) in [6.45, 7) is 11.5. The lowest BCUT2D eigenvalue weighted by Gasteiger charge is -2.56. The highest BCUT2D eigenvalue weighted by Gasteiger charge is 2.58. The van der Waals surface area contributed by atoms with Gasteiger partial charge in [-0.25, -0.2) is 4.79 Å². The van der Waals surface area contributed by atoms with Gasteiger partial charge in [0.05, 0.1) is 24.0 Å². The second-order valence-corrected chi connectivity index (χ2v) is 15.5. The highest BCUT2D eigenvalue weighted by atomic mass is 16.5. The molecule has 3 N–H and O–H groups in total. The molecule has 4 aliphatic rings. The Labute approximate surface area is 279 Å². The Morgan fingerprint density at radius 2 is 1.36 bits per heavy atom. The van der Waals surface area contributed by atoms with Crippen LogP contribution in [0.3, 0.4) is 0 Å². The molecule has 0 radical (unpaired) electrons. The zero-order chi connectivity index (χ0) is 33.6. The predicted octanol–water partition coefficient (Wildman–Crippen LogP) is 6.88. The van der Waals surface area contributed by atoms with Crippen LogP contribution in [0.25, 0.3) is 0 Å². The monoisotopic (exact) mass is 644 g/mol. The summed E-state index contributed by atoms with van der Waals surface area (Å²) in [7, 11) is 0.